The van der Waals surface area contributed by atoms with E-state index in [0.29, 0.717) is 6.04 Å². The van der Waals surface area contributed by atoms with Gasteiger partial charge in [0, 0.05) is 6.04 Å². The van der Waals surface area contributed by atoms with E-state index < -0.39 is 0 Å². The van der Waals surface area contributed by atoms with Crippen molar-refractivity contribution in [1.29, 1.82) is 0 Å². The highest BCUT2D eigenvalue weighted by atomic mass is 14.9. The van der Waals surface area contributed by atoms with Crippen molar-refractivity contribution in [1.82, 2.24) is 5.32 Å². The molecule has 0 fully saturated rings. The molecule has 0 aromatic heterocycles. The van der Waals surface area contributed by atoms with Crippen LogP contribution in [-0.2, 0) is 6.42 Å². The molecule has 1 N–H and O–H groups in total. The summed E-state index contributed by atoms with van der Waals surface area (Å²) in [5, 5.41) is 3.66. The second-order valence-electron chi connectivity index (χ2n) is 5.80. The van der Waals surface area contributed by atoms with Gasteiger partial charge >= 0.3 is 0 Å². The molecular weight excluding hydrogens is 230 g/mol. The fourth-order valence-electron chi connectivity index (χ4n) is 2.77. The number of likely N-dealkylation sites (N-methyl/N-ethyl adjacent to an activating group) is 1. The number of nitrogens with one attached hydrogen (secondary N) is 1. The Hall–Kier alpha value is -0.820. The lowest BCUT2D eigenvalue weighted by atomic mass is 9.91. The summed E-state index contributed by atoms with van der Waals surface area (Å²) in [6.45, 7) is 12.3. The largest absolute Gasteiger partial charge is 0.314 e. The quantitative estimate of drug-likeness (QED) is 0.718. The van der Waals surface area contributed by atoms with E-state index in [0.717, 1.165) is 18.9 Å². The van der Waals surface area contributed by atoms with Gasteiger partial charge < -0.3 is 5.32 Å². The Kier molecular flexibility index (Phi) is 7.15. The molecule has 0 aliphatic carbocycles. The zero-order chi connectivity index (χ0) is 14.3. The lowest BCUT2D eigenvalue weighted by Crippen LogP contribution is -2.33. The first-order chi connectivity index (χ1) is 9.10. The van der Waals surface area contributed by atoms with Gasteiger partial charge in [0.25, 0.3) is 0 Å². The van der Waals surface area contributed by atoms with Gasteiger partial charge in [-0.2, -0.15) is 0 Å². The van der Waals surface area contributed by atoms with Crippen LogP contribution in [0.15, 0.2) is 18.2 Å². The summed E-state index contributed by atoms with van der Waals surface area (Å²) in [6.07, 6.45) is 5.05. The summed E-state index contributed by atoms with van der Waals surface area (Å²) in [5.74, 6) is 0.857. The summed E-state index contributed by atoms with van der Waals surface area (Å²) in [4.78, 5) is 0. The molecule has 1 rings (SSSR count). The zero-order valence-electron chi connectivity index (χ0n) is 13.4. The molecule has 0 saturated carbocycles. The smallest absolute Gasteiger partial charge is 0.0110 e. The fourth-order valence-corrected chi connectivity index (χ4v) is 2.77. The third-order valence-electron chi connectivity index (χ3n) is 4.32. The van der Waals surface area contributed by atoms with Gasteiger partial charge in [0.2, 0.25) is 0 Å². The predicted octanol–water partition coefficient (Wildman–Crippen LogP) is 4.65. The van der Waals surface area contributed by atoms with Crippen LogP contribution in [0.2, 0.25) is 0 Å². The van der Waals surface area contributed by atoms with E-state index in [1.165, 1.54) is 36.0 Å². The van der Waals surface area contributed by atoms with Crippen molar-refractivity contribution in [3.8, 4) is 0 Å². The first-order valence-corrected chi connectivity index (χ1v) is 7.90. The lowest BCUT2D eigenvalue weighted by Gasteiger charge is -2.23. The Morgan fingerprint density at radius 1 is 1.00 bits per heavy atom. The SMILES string of the molecule is CCNC(Cc1ccc(C)c(C)c1)CC(CC)CC. The third kappa shape index (κ3) is 5.36. The van der Waals surface area contributed by atoms with Crippen molar-refractivity contribution >= 4 is 0 Å². The molecule has 19 heavy (non-hydrogen) atoms. The van der Waals surface area contributed by atoms with Crippen molar-refractivity contribution in [2.24, 2.45) is 5.92 Å². The number of rotatable bonds is 8. The minimum atomic E-state index is 0.622. The van der Waals surface area contributed by atoms with Crippen LogP contribution in [0.3, 0.4) is 0 Å². The molecule has 1 aromatic carbocycles. The van der Waals surface area contributed by atoms with E-state index in [1.54, 1.807) is 0 Å². The standard InChI is InChI=1S/C18H31N/c1-6-16(7-2)12-18(19-8-3)13-17-10-9-14(4)15(5)11-17/h9-11,16,18-19H,6-8,12-13H2,1-5H3. The van der Waals surface area contributed by atoms with Gasteiger partial charge in [-0.3, -0.25) is 0 Å². The van der Waals surface area contributed by atoms with Crippen LogP contribution >= 0.6 is 0 Å². The average molecular weight is 261 g/mol. The molecule has 0 saturated heterocycles. The van der Waals surface area contributed by atoms with Crippen LogP contribution < -0.4 is 5.32 Å². The van der Waals surface area contributed by atoms with Gasteiger partial charge in [0.15, 0.2) is 0 Å². The molecule has 0 bridgehead atoms. The van der Waals surface area contributed by atoms with Crippen LogP contribution in [0, 0.1) is 19.8 Å². The summed E-state index contributed by atoms with van der Waals surface area (Å²) in [7, 11) is 0. The van der Waals surface area contributed by atoms with Crippen molar-refractivity contribution in [2.45, 2.75) is 66.3 Å². The van der Waals surface area contributed by atoms with Crippen LogP contribution in [-0.4, -0.2) is 12.6 Å². The average Bonchev–Trinajstić information content (AvgIpc) is 2.40. The van der Waals surface area contributed by atoms with E-state index in [2.05, 4.69) is 58.1 Å². The number of hydrogen-bond acceptors (Lipinski definition) is 1. The molecule has 0 radical (unpaired) electrons. The van der Waals surface area contributed by atoms with Gasteiger partial charge in [-0.15, -0.1) is 0 Å². The first-order valence-electron chi connectivity index (χ1n) is 7.90. The van der Waals surface area contributed by atoms with Crippen molar-refractivity contribution < 1.29 is 0 Å². The maximum absolute atomic E-state index is 3.66. The first kappa shape index (κ1) is 16.2. The number of benzene rings is 1. The molecule has 1 aromatic rings. The molecule has 1 nitrogen and oxygen atoms in total. The maximum atomic E-state index is 3.66. The monoisotopic (exact) mass is 261 g/mol. The van der Waals surface area contributed by atoms with E-state index in [-0.39, 0.29) is 0 Å². The zero-order valence-corrected chi connectivity index (χ0v) is 13.4. The maximum Gasteiger partial charge on any atom is 0.0110 e. The van der Waals surface area contributed by atoms with Crippen molar-refractivity contribution in [3.05, 3.63) is 34.9 Å². The van der Waals surface area contributed by atoms with Crippen molar-refractivity contribution in [3.63, 3.8) is 0 Å². The van der Waals surface area contributed by atoms with Crippen LogP contribution in [0.1, 0.15) is 56.7 Å². The minimum Gasteiger partial charge on any atom is -0.314 e. The second-order valence-corrected chi connectivity index (χ2v) is 5.80. The lowest BCUT2D eigenvalue weighted by molar-refractivity contribution is 0.367. The molecule has 108 valence electrons. The molecule has 0 amide bonds. The topological polar surface area (TPSA) is 12.0 Å². The minimum absolute atomic E-state index is 0.622. The summed E-state index contributed by atoms with van der Waals surface area (Å²) < 4.78 is 0. The summed E-state index contributed by atoms with van der Waals surface area (Å²) >= 11 is 0. The molecule has 0 heterocycles. The number of aryl methyl sites for hydroxylation is 2. The summed E-state index contributed by atoms with van der Waals surface area (Å²) in [6, 6.07) is 7.52. The molecule has 0 aliphatic heterocycles. The Morgan fingerprint density at radius 3 is 2.21 bits per heavy atom. The highest BCUT2D eigenvalue weighted by Gasteiger charge is 2.14. The highest BCUT2D eigenvalue weighted by molar-refractivity contribution is 5.30. The van der Waals surface area contributed by atoms with Crippen LogP contribution in [0.4, 0.5) is 0 Å². The van der Waals surface area contributed by atoms with E-state index in [4.69, 9.17) is 0 Å². The van der Waals surface area contributed by atoms with Gasteiger partial charge in [-0.05, 0) is 55.8 Å². The van der Waals surface area contributed by atoms with Gasteiger partial charge in [0.1, 0.15) is 0 Å². The van der Waals surface area contributed by atoms with Crippen LogP contribution in [0.5, 0.6) is 0 Å². The highest BCUT2D eigenvalue weighted by Crippen LogP contribution is 2.19. The number of hydrogen-bond donors (Lipinski definition) is 1. The molecule has 1 atom stereocenters. The summed E-state index contributed by atoms with van der Waals surface area (Å²) in [5.41, 5.74) is 4.28. The Morgan fingerprint density at radius 2 is 1.68 bits per heavy atom. The molecular formula is C18H31N. The molecule has 0 aliphatic rings. The predicted molar refractivity (Wildman–Crippen MR) is 85.8 cm³/mol. The van der Waals surface area contributed by atoms with E-state index >= 15 is 0 Å². The molecule has 1 heteroatoms. The van der Waals surface area contributed by atoms with Gasteiger partial charge in [-0.25, -0.2) is 0 Å². The van der Waals surface area contributed by atoms with Crippen LogP contribution in [0.25, 0.3) is 0 Å². The Labute approximate surface area is 119 Å². The Bertz CT molecular complexity index is 366. The normalized spacial score (nSPS) is 12.9. The van der Waals surface area contributed by atoms with Gasteiger partial charge in [0.05, 0.1) is 0 Å². The van der Waals surface area contributed by atoms with Crippen molar-refractivity contribution in [2.75, 3.05) is 6.54 Å². The van der Waals surface area contributed by atoms with Gasteiger partial charge in [-0.1, -0.05) is 51.8 Å². The molecule has 1 unspecified atom stereocenters. The van der Waals surface area contributed by atoms with E-state index in [9.17, 15) is 0 Å². The van der Waals surface area contributed by atoms with E-state index in [1.807, 2.05) is 0 Å². The second kappa shape index (κ2) is 8.37. The fraction of sp³-hybridized carbons (Fsp3) is 0.667. The third-order valence-corrected chi connectivity index (χ3v) is 4.32. The molecule has 0 spiro atoms. The Balaban J connectivity index is 2.68.